The molecule has 2 heterocycles. The van der Waals surface area contributed by atoms with Crippen molar-refractivity contribution in [2.45, 2.75) is 20.4 Å². The Kier molecular flexibility index (Phi) is 4.54. The van der Waals surface area contributed by atoms with Gasteiger partial charge in [-0.25, -0.2) is 4.98 Å². The smallest absolute Gasteiger partial charge is 0.135 e. The van der Waals surface area contributed by atoms with Crippen LogP contribution in [0.15, 0.2) is 59.7 Å². The van der Waals surface area contributed by atoms with Crippen LogP contribution in [0.1, 0.15) is 21.7 Å². The summed E-state index contributed by atoms with van der Waals surface area (Å²) >= 11 is 1.47. The van der Waals surface area contributed by atoms with Gasteiger partial charge < -0.3 is 10.0 Å². The van der Waals surface area contributed by atoms with Gasteiger partial charge in [0, 0.05) is 17.5 Å². The molecule has 0 unspecified atom stereocenters. The second-order valence-corrected chi connectivity index (χ2v) is 7.71. The average molecular weight is 375 g/mol. The second kappa shape index (κ2) is 7.00. The van der Waals surface area contributed by atoms with Gasteiger partial charge in [0.2, 0.25) is 0 Å². The Morgan fingerprint density at radius 3 is 2.63 bits per heavy atom. The normalized spacial score (nSPS) is 14.3. The van der Waals surface area contributed by atoms with Crippen LogP contribution >= 0.6 is 11.3 Å². The maximum Gasteiger partial charge on any atom is 0.135 e. The summed E-state index contributed by atoms with van der Waals surface area (Å²) in [5.41, 5.74) is 6.09. The number of aromatic nitrogens is 1. The van der Waals surface area contributed by atoms with Crippen molar-refractivity contribution >= 4 is 22.7 Å². The number of nitrogens with one attached hydrogen (secondary N) is 1. The maximum absolute atomic E-state index is 10.5. The first kappa shape index (κ1) is 17.5. The van der Waals surface area contributed by atoms with Crippen molar-refractivity contribution in [1.29, 1.82) is 5.41 Å². The average Bonchev–Trinajstić information content (AvgIpc) is 3.23. The summed E-state index contributed by atoms with van der Waals surface area (Å²) in [4.78, 5) is 6.58. The van der Waals surface area contributed by atoms with Crippen molar-refractivity contribution in [3.8, 4) is 11.3 Å². The summed E-state index contributed by atoms with van der Waals surface area (Å²) in [5, 5.41) is 21.7. The highest BCUT2D eigenvalue weighted by Gasteiger charge is 2.30. The lowest BCUT2D eigenvalue weighted by Gasteiger charge is -2.18. The van der Waals surface area contributed by atoms with Crippen molar-refractivity contribution < 1.29 is 5.11 Å². The Labute approximate surface area is 163 Å². The molecule has 0 saturated heterocycles. The third-order valence-corrected chi connectivity index (χ3v) is 5.78. The molecule has 2 N–H and O–H groups in total. The van der Waals surface area contributed by atoms with E-state index in [-0.39, 0.29) is 5.76 Å². The number of aliphatic hydroxyl groups is 1. The number of aryl methyl sites for hydroxylation is 2. The molecule has 4 nitrogen and oxygen atoms in total. The minimum absolute atomic E-state index is 0.219. The van der Waals surface area contributed by atoms with Gasteiger partial charge in [-0.05, 0) is 36.6 Å². The number of aliphatic hydroxyl groups excluding tert-OH is 1. The number of thiazole rings is 1. The quantitative estimate of drug-likeness (QED) is 0.660. The summed E-state index contributed by atoms with van der Waals surface area (Å²) in [5.74, 6) is 0.550. The zero-order valence-electron chi connectivity index (χ0n) is 15.4. The molecule has 1 aliphatic heterocycles. The predicted octanol–water partition coefficient (Wildman–Crippen LogP) is 5.19. The molecule has 0 radical (unpaired) electrons. The molecule has 3 aromatic rings. The first-order chi connectivity index (χ1) is 13.0. The van der Waals surface area contributed by atoms with Crippen molar-refractivity contribution in [2.24, 2.45) is 0 Å². The fourth-order valence-electron chi connectivity index (χ4n) is 3.22. The molecule has 5 heteroatoms. The van der Waals surface area contributed by atoms with Gasteiger partial charge in [-0.2, -0.15) is 0 Å². The highest BCUT2D eigenvalue weighted by molar-refractivity contribution is 7.11. The maximum atomic E-state index is 10.5. The monoisotopic (exact) mass is 375 g/mol. The lowest BCUT2D eigenvalue weighted by Crippen LogP contribution is -2.25. The van der Waals surface area contributed by atoms with Crippen LogP contribution in [-0.2, 0) is 6.54 Å². The van der Waals surface area contributed by atoms with E-state index in [1.807, 2.05) is 40.6 Å². The van der Waals surface area contributed by atoms with Crippen molar-refractivity contribution in [3.05, 3.63) is 81.4 Å². The first-order valence-corrected chi connectivity index (χ1v) is 9.74. The number of nitrogens with zero attached hydrogens (tertiary/aromatic N) is 2. The van der Waals surface area contributed by atoms with Crippen LogP contribution < -0.4 is 0 Å². The third kappa shape index (κ3) is 3.38. The molecule has 4 rings (SSSR count). The van der Waals surface area contributed by atoms with E-state index in [0.717, 1.165) is 16.8 Å². The van der Waals surface area contributed by atoms with Crippen LogP contribution in [0.5, 0.6) is 0 Å². The Hall–Kier alpha value is -2.92. The van der Waals surface area contributed by atoms with E-state index < -0.39 is 0 Å². The van der Waals surface area contributed by atoms with Gasteiger partial charge in [-0.15, -0.1) is 11.3 Å². The summed E-state index contributed by atoms with van der Waals surface area (Å²) < 4.78 is 0. The van der Waals surface area contributed by atoms with Gasteiger partial charge in [0.1, 0.15) is 16.6 Å². The molecule has 0 spiro atoms. The van der Waals surface area contributed by atoms with Crippen LogP contribution in [-0.4, -0.2) is 27.4 Å². The van der Waals surface area contributed by atoms with Crippen LogP contribution in [0.2, 0.25) is 0 Å². The van der Waals surface area contributed by atoms with Gasteiger partial charge in [-0.1, -0.05) is 42.5 Å². The highest BCUT2D eigenvalue weighted by atomic mass is 32.1. The van der Waals surface area contributed by atoms with E-state index in [0.29, 0.717) is 29.5 Å². The molecule has 2 aromatic carbocycles. The van der Waals surface area contributed by atoms with E-state index in [1.165, 1.54) is 22.5 Å². The van der Waals surface area contributed by atoms with E-state index in [2.05, 4.69) is 32.0 Å². The molecule has 0 amide bonds. The Morgan fingerprint density at radius 1 is 1.11 bits per heavy atom. The number of hydrogen-bond acceptors (Lipinski definition) is 4. The molecule has 0 atom stereocenters. The van der Waals surface area contributed by atoms with Gasteiger partial charge in [-0.3, -0.25) is 5.41 Å². The molecular formula is C22H21N3OS. The van der Waals surface area contributed by atoms with Gasteiger partial charge in [0.05, 0.1) is 17.8 Å². The number of hydrogen-bond donors (Lipinski definition) is 2. The molecule has 0 fully saturated rings. The lowest BCUT2D eigenvalue weighted by molar-refractivity contribution is 0.347. The fraction of sp³-hybridized carbons (Fsp3) is 0.182. The summed E-state index contributed by atoms with van der Waals surface area (Å²) in [6.45, 7) is 5.13. The minimum Gasteiger partial charge on any atom is -0.510 e. The number of benzene rings is 2. The van der Waals surface area contributed by atoms with Crippen LogP contribution in [0.4, 0.5) is 0 Å². The predicted molar refractivity (Wildman–Crippen MR) is 111 cm³/mol. The van der Waals surface area contributed by atoms with Gasteiger partial charge in [0.15, 0.2) is 0 Å². The third-order valence-electron chi connectivity index (χ3n) is 4.92. The Balaban J connectivity index is 1.58. The fourth-order valence-corrected chi connectivity index (χ4v) is 4.11. The zero-order chi connectivity index (χ0) is 19.0. The van der Waals surface area contributed by atoms with Crippen molar-refractivity contribution in [3.63, 3.8) is 0 Å². The molecule has 0 bridgehead atoms. The van der Waals surface area contributed by atoms with E-state index >= 15 is 0 Å². The van der Waals surface area contributed by atoms with E-state index in [9.17, 15) is 5.11 Å². The summed E-state index contributed by atoms with van der Waals surface area (Å²) in [7, 11) is 0. The molecular weight excluding hydrogens is 354 g/mol. The SMILES string of the molecule is Cc1ccc(-c2csc(C3=C(O)CN(Cc4ccccc4)C3=N)n2)cc1C. The molecule has 1 aromatic heterocycles. The standard InChI is InChI=1S/C22H21N3OS/c1-14-8-9-17(10-15(14)2)18-13-27-22(24-18)20-19(26)12-25(21(20)23)11-16-6-4-3-5-7-16/h3-10,13,23,26H,11-12H2,1-2H3. The zero-order valence-corrected chi connectivity index (χ0v) is 16.2. The van der Waals surface area contributed by atoms with Crippen LogP contribution in [0.3, 0.4) is 0 Å². The Morgan fingerprint density at radius 2 is 1.89 bits per heavy atom. The summed E-state index contributed by atoms with van der Waals surface area (Å²) in [6, 6.07) is 16.3. The number of amidine groups is 1. The topological polar surface area (TPSA) is 60.2 Å². The molecule has 0 aliphatic carbocycles. The first-order valence-electron chi connectivity index (χ1n) is 8.86. The highest BCUT2D eigenvalue weighted by Crippen LogP contribution is 2.33. The minimum atomic E-state index is 0.219. The van der Waals surface area contributed by atoms with Crippen LogP contribution in [0.25, 0.3) is 16.8 Å². The molecule has 1 aliphatic rings. The second-order valence-electron chi connectivity index (χ2n) is 6.85. The lowest BCUT2D eigenvalue weighted by atomic mass is 10.1. The Bertz CT molecular complexity index is 1040. The number of rotatable bonds is 4. The van der Waals surface area contributed by atoms with Crippen molar-refractivity contribution in [1.82, 2.24) is 9.88 Å². The van der Waals surface area contributed by atoms with Crippen LogP contribution in [0, 0.1) is 19.3 Å². The van der Waals surface area contributed by atoms with E-state index in [1.54, 1.807) is 0 Å². The summed E-state index contributed by atoms with van der Waals surface area (Å²) in [6.07, 6.45) is 0. The molecule has 27 heavy (non-hydrogen) atoms. The van der Waals surface area contributed by atoms with Crippen molar-refractivity contribution in [2.75, 3.05) is 6.54 Å². The molecule has 0 saturated carbocycles. The largest absolute Gasteiger partial charge is 0.510 e. The van der Waals surface area contributed by atoms with E-state index in [4.69, 9.17) is 10.4 Å². The van der Waals surface area contributed by atoms with Gasteiger partial charge >= 0.3 is 0 Å². The molecule has 136 valence electrons. The van der Waals surface area contributed by atoms with Gasteiger partial charge in [0.25, 0.3) is 0 Å².